The molecule has 2 aromatic rings. The minimum atomic E-state index is -0.960. The van der Waals surface area contributed by atoms with E-state index in [0.717, 1.165) is 36.8 Å². The van der Waals surface area contributed by atoms with E-state index in [4.69, 9.17) is 5.11 Å². The van der Waals surface area contributed by atoms with Gasteiger partial charge in [0.2, 0.25) is 11.8 Å². The van der Waals surface area contributed by atoms with Crippen molar-refractivity contribution in [3.8, 4) is 0 Å². The molecule has 7 nitrogen and oxygen atoms in total. The van der Waals surface area contributed by atoms with E-state index >= 15 is 0 Å². The smallest absolute Gasteiger partial charge is 0.335 e. The van der Waals surface area contributed by atoms with Crippen LogP contribution in [0, 0.1) is 0 Å². The quantitative estimate of drug-likeness (QED) is 0.278. The van der Waals surface area contributed by atoms with Gasteiger partial charge < -0.3 is 14.9 Å². The minimum absolute atomic E-state index is 0.0306. The third-order valence-corrected chi connectivity index (χ3v) is 9.88. The van der Waals surface area contributed by atoms with Crippen LogP contribution in [0.3, 0.4) is 0 Å². The number of hydrogen-bond donors (Lipinski definition) is 1. The molecule has 2 fully saturated rings. The fourth-order valence-corrected chi connectivity index (χ4v) is 7.53. The number of hydrogen-bond acceptors (Lipinski definition) is 6. The van der Waals surface area contributed by atoms with Crippen molar-refractivity contribution in [3.63, 3.8) is 0 Å². The van der Waals surface area contributed by atoms with Crippen molar-refractivity contribution in [1.82, 2.24) is 9.80 Å². The predicted octanol–water partition coefficient (Wildman–Crippen LogP) is 5.77. The van der Waals surface area contributed by atoms with Crippen molar-refractivity contribution < 1.29 is 24.3 Å². The number of carboxylic acid groups (broad SMARTS) is 1. The van der Waals surface area contributed by atoms with Gasteiger partial charge in [-0.1, -0.05) is 49.2 Å². The lowest BCUT2D eigenvalue weighted by atomic mass is 10.1. The Morgan fingerprint density at radius 3 is 1.47 bits per heavy atom. The van der Waals surface area contributed by atoms with Gasteiger partial charge in [0, 0.05) is 18.7 Å². The summed E-state index contributed by atoms with van der Waals surface area (Å²) in [6.45, 7) is 6.75. The zero-order chi connectivity index (χ0) is 27.4. The van der Waals surface area contributed by atoms with Gasteiger partial charge in [0.1, 0.15) is 10.7 Å². The largest absolute Gasteiger partial charge is 0.478 e. The lowest BCUT2D eigenvalue weighted by Gasteiger charge is -2.25. The van der Waals surface area contributed by atoms with Crippen LogP contribution in [0.15, 0.2) is 48.5 Å². The van der Waals surface area contributed by atoms with E-state index < -0.39 is 5.97 Å². The standard InChI is InChI=1S/C29H34N2O5S2/c1-18(32)21-8-10-22(11-9-21)27-30(25(33)19(2)37-27)16-6-4-5-7-17-31-26(34)20(3)38-28(31)23-12-14-24(15-13-23)29(35)36/h8-15,19-20,27-28H,4-7,16-17H2,1-3H3,(H,35,36). The topological polar surface area (TPSA) is 95.0 Å². The zero-order valence-corrected chi connectivity index (χ0v) is 23.6. The van der Waals surface area contributed by atoms with E-state index in [2.05, 4.69) is 0 Å². The molecule has 0 aliphatic carbocycles. The van der Waals surface area contributed by atoms with Gasteiger partial charge in [-0.2, -0.15) is 0 Å². The van der Waals surface area contributed by atoms with Crippen molar-refractivity contribution in [2.45, 2.75) is 67.7 Å². The van der Waals surface area contributed by atoms with Crippen LogP contribution in [-0.2, 0) is 9.59 Å². The van der Waals surface area contributed by atoms with Crippen LogP contribution in [0.2, 0.25) is 0 Å². The maximum absolute atomic E-state index is 12.8. The molecule has 4 unspecified atom stereocenters. The lowest BCUT2D eigenvalue weighted by Crippen LogP contribution is -2.31. The minimum Gasteiger partial charge on any atom is -0.478 e. The highest BCUT2D eigenvalue weighted by atomic mass is 32.2. The Morgan fingerprint density at radius 1 is 0.711 bits per heavy atom. The van der Waals surface area contributed by atoms with Crippen molar-refractivity contribution in [1.29, 1.82) is 0 Å². The Hall–Kier alpha value is -2.78. The maximum atomic E-state index is 12.8. The fraction of sp³-hybridized carbons (Fsp3) is 0.448. The molecule has 4 rings (SSSR count). The summed E-state index contributed by atoms with van der Waals surface area (Å²) in [5.41, 5.74) is 2.90. The third kappa shape index (κ3) is 6.26. The van der Waals surface area contributed by atoms with Gasteiger partial charge in [-0.15, -0.1) is 23.5 Å². The van der Waals surface area contributed by atoms with E-state index in [1.807, 2.05) is 47.9 Å². The van der Waals surface area contributed by atoms with Crippen molar-refractivity contribution in [2.75, 3.05) is 13.1 Å². The maximum Gasteiger partial charge on any atom is 0.335 e. The number of nitrogens with zero attached hydrogens (tertiary/aromatic N) is 2. The molecular weight excluding hydrogens is 520 g/mol. The fourth-order valence-electron chi connectivity index (χ4n) is 4.91. The Labute approximate surface area is 232 Å². The molecule has 4 atom stereocenters. The summed E-state index contributed by atoms with van der Waals surface area (Å²) in [5.74, 6) is -0.656. The molecule has 1 N–H and O–H groups in total. The first-order chi connectivity index (χ1) is 18.2. The Balaban J connectivity index is 1.27. The summed E-state index contributed by atoms with van der Waals surface area (Å²) in [4.78, 5) is 52.3. The van der Waals surface area contributed by atoms with Crippen LogP contribution in [0.4, 0.5) is 0 Å². The number of ketones is 1. The molecule has 38 heavy (non-hydrogen) atoms. The van der Waals surface area contributed by atoms with Gasteiger partial charge in [0.25, 0.3) is 0 Å². The molecule has 0 radical (unpaired) electrons. The van der Waals surface area contributed by atoms with Crippen LogP contribution < -0.4 is 0 Å². The van der Waals surface area contributed by atoms with Gasteiger partial charge in [-0.25, -0.2) is 4.79 Å². The number of aromatic carboxylic acids is 1. The van der Waals surface area contributed by atoms with Gasteiger partial charge in [0.05, 0.1) is 16.1 Å². The predicted molar refractivity (Wildman–Crippen MR) is 151 cm³/mol. The number of benzene rings is 2. The molecule has 202 valence electrons. The molecule has 0 spiro atoms. The third-order valence-electron chi connectivity index (χ3n) is 7.09. The van der Waals surface area contributed by atoms with Gasteiger partial charge in [0.15, 0.2) is 5.78 Å². The zero-order valence-electron chi connectivity index (χ0n) is 22.0. The summed E-state index contributed by atoms with van der Waals surface area (Å²) in [6, 6.07) is 14.3. The molecule has 2 heterocycles. The number of carbonyl (C=O) groups excluding carboxylic acids is 3. The summed E-state index contributed by atoms with van der Waals surface area (Å²) < 4.78 is 0. The number of amides is 2. The highest BCUT2D eigenvalue weighted by molar-refractivity contribution is 8.01. The van der Waals surface area contributed by atoms with E-state index in [0.29, 0.717) is 18.7 Å². The summed E-state index contributed by atoms with van der Waals surface area (Å²) in [5, 5.41) is 8.81. The van der Waals surface area contributed by atoms with Crippen LogP contribution in [-0.4, -0.2) is 62.1 Å². The molecule has 2 aromatic carbocycles. The molecule has 9 heteroatoms. The number of unbranched alkanes of at least 4 members (excludes halogenated alkanes) is 3. The van der Waals surface area contributed by atoms with Gasteiger partial charge in [-0.3, -0.25) is 14.4 Å². The van der Waals surface area contributed by atoms with Crippen molar-refractivity contribution in [2.24, 2.45) is 0 Å². The van der Waals surface area contributed by atoms with Crippen molar-refractivity contribution >= 4 is 47.1 Å². The second-order valence-electron chi connectivity index (χ2n) is 9.84. The van der Waals surface area contributed by atoms with Crippen LogP contribution in [0.1, 0.15) is 89.0 Å². The Kier molecular flexibility index (Phi) is 9.20. The number of rotatable bonds is 11. The van der Waals surface area contributed by atoms with Crippen LogP contribution in [0.5, 0.6) is 0 Å². The van der Waals surface area contributed by atoms with E-state index in [1.54, 1.807) is 54.7 Å². The number of carboxylic acids is 1. The first-order valence-corrected chi connectivity index (χ1v) is 14.9. The van der Waals surface area contributed by atoms with Crippen molar-refractivity contribution in [3.05, 3.63) is 70.8 Å². The second-order valence-corrected chi connectivity index (χ2v) is 12.7. The molecule has 2 aliphatic heterocycles. The Bertz CT molecular complexity index is 1090. The summed E-state index contributed by atoms with van der Waals surface area (Å²) in [7, 11) is 0. The van der Waals surface area contributed by atoms with E-state index in [-0.39, 0.29) is 44.4 Å². The number of Topliss-reactive ketones (excluding diaryl/α,β-unsaturated/α-hetero) is 1. The van der Waals surface area contributed by atoms with E-state index in [9.17, 15) is 19.2 Å². The number of carbonyl (C=O) groups is 4. The molecule has 0 bridgehead atoms. The second kappa shape index (κ2) is 12.4. The first-order valence-electron chi connectivity index (χ1n) is 13.0. The molecule has 0 aromatic heterocycles. The van der Waals surface area contributed by atoms with Gasteiger partial charge in [-0.05, 0) is 56.9 Å². The molecule has 0 saturated carbocycles. The average Bonchev–Trinajstić information content (AvgIpc) is 3.35. The number of thioether (sulfide) groups is 2. The molecule has 2 saturated heterocycles. The normalized spacial score (nSPS) is 23.3. The summed E-state index contributed by atoms with van der Waals surface area (Å²) >= 11 is 3.25. The van der Waals surface area contributed by atoms with E-state index in [1.165, 1.54) is 0 Å². The lowest BCUT2D eigenvalue weighted by molar-refractivity contribution is -0.130. The first kappa shape index (κ1) is 28.2. The van der Waals surface area contributed by atoms with Gasteiger partial charge >= 0.3 is 5.97 Å². The highest BCUT2D eigenvalue weighted by Crippen LogP contribution is 2.44. The average molecular weight is 555 g/mol. The van der Waals surface area contributed by atoms with Crippen LogP contribution in [0.25, 0.3) is 0 Å². The molecule has 2 aliphatic rings. The van der Waals surface area contributed by atoms with Crippen LogP contribution >= 0.6 is 23.5 Å². The SMILES string of the molecule is CC(=O)c1ccc(C2SC(C)C(=O)N2CCCCCCN2C(=O)C(C)SC2c2ccc(C(=O)O)cc2)cc1. The molecular formula is C29H34N2O5S2. The summed E-state index contributed by atoms with van der Waals surface area (Å²) in [6.07, 6.45) is 3.68. The highest BCUT2D eigenvalue weighted by Gasteiger charge is 2.39. The monoisotopic (exact) mass is 554 g/mol. The Morgan fingerprint density at radius 2 is 1.11 bits per heavy atom. The molecule has 2 amide bonds.